The maximum Gasteiger partial charge on any atom is 0.170 e. The van der Waals surface area contributed by atoms with Crippen molar-refractivity contribution in [2.75, 3.05) is 0 Å². The second kappa shape index (κ2) is 8.72. The Bertz CT molecular complexity index is 891. The van der Waals surface area contributed by atoms with Gasteiger partial charge in [-0.3, -0.25) is 9.59 Å². The predicted molar refractivity (Wildman–Crippen MR) is 108 cm³/mol. The summed E-state index contributed by atoms with van der Waals surface area (Å²) >= 11 is 3.43. The van der Waals surface area contributed by atoms with Crippen LogP contribution in [0, 0.1) is 0 Å². The number of hydrogen-bond donors (Lipinski definition) is 0. The summed E-state index contributed by atoms with van der Waals surface area (Å²) in [5.41, 5.74) is 2.10. The first-order valence-electron chi connectivity index (χ1n) is 8.57. The fourth-order valence-electron chi connectivity index (χ4n) is 2.97. The highest BCUT2D eigenvalue weighted by molar-refractivity contribution is 9.10. The van der Waals surface area contributed by atoms with Gasteiger partial charge in [0, 0.05) is 22.0 Å². The summed E-state index contributed by atoms with van der Waals surface area (Å²) in [7, 11) is 0. The third-order valence-corrected chi connectivity index (χ3v) is 5.04. The summed E-state index contributed by atoms with van der Waals surface area (Å²) < 4.78 is 0.751. The number of halogens is 1. The van der Waals surface area contributed by atoms with Crippen LogP contribution in [0.1, 0.15) is 34.7 Å². The molecule has 0 bridgehead atoms. The molecule has 0 saturated carbocycles. The number of carbonyl (C=O) groups is 2. The van der Waals surface area contributed by atoms with Gasteiger partial charge < -0.3 is 0 Å². The van der Waals surface area contributed by atoms with E-state index in [-0.39, 0.29) is 18.0 Å². The molecule has 0 fully saturated rings. The Hall–Kier alpha value is -2.52. The molecule has 0 saturated heterocycles. The summed E-state index contributed by atoms with van der Waals surface area (Å²) in [6, 6.07) is 16.9. The van der Waals surface area contributed by atoms with Gasteiger partial charge in [-0.1, -0.05) is 94.8 Å². The van der Waals surface area contributed by atoms with Crippen LogP contribution in [0.25, 0.3) is 0 Å². The molecule has 0 radical (unpaired) electrons. The molecule has 0 N–H and O–H groups in total. The summed E-state index contributed by atoms with van der Waals surface area (Å²) in [6.07, 6.45) is 10.5. The van der Waals surface area contributed by atoms with E-state index in [1.54, 1.807) is 6.07 Å². The Labute approximate surface area is 162 Å². The molecule has 26 heavy (non-hydrogen) atoms. The number of ketones is 2. The molecule has 1 unspecified atom stereocenters. The van der Waals surface area contributed by atoms with E-state index in [1.165, 1.54) is 0 Å². The fourth-order valence-corrected chi connectivity index (χ4v) is 3.48. The number of allylic oxidation sites excluding steroid dienone is 6. The minimum absolute atomic E-state index is 0.0283. The van der Waals surface area contributed by atoms with Gasteiger partial charge in [-0.25, -0.2) is 0 Å². The average Bonchev–Trinajstić information content (AvgIpc) is 2.96. The van der Waals surface area contributed by atoms with Crippen LogP contribution in [0.2, 0.25) is 0 Å². The van der Waals surface area contributed by atoms with Gasteiger partial charge >= 0.3 is 0 Å². The van der Waals surface area contributed by atoms with Crippen LogP contribution in [-0.2, 0) is 4.79 Å². The van der Waals surface area contributed by atoms with E-state index in [2.05, 4.69) is 15.9 Å². The lowest BCUT2D eigenvalue weighted by molar-refractivity contribution is -0.116. The Balaban J connectivity index is 1.93. The monoisotopic (exact) mass is 406 g/mol. The quantitative estimate of drug-likeness (QED) is 0.566. The van der Waals surface area contributed by atoms with Crippen molar-refractivity contribution in [2.24, 2.45) is 0 Å². The molecule has 130 valence electrons. The molecule has 0 heterocycles. The van der Waals surface area contributed by atoms with E-state index in [4.69, 9.17) is 0 Å². The van der Waals surface area contributed by atoms with Crippen molar-refractivity contribution in [1.29, 1.82) is 0 Å². The zero-order valence-electron chi connectivity index (χ0n) is 14.3. The number of rotatable bonds is 6. The molecule has 0 amide bonds. The number of Topliss-reactive ketones (excluding diaryl/α,β-unsaturated/α-hetero) is 2. The van der Waals surface area contributed by atoms with E-state index >= 15 is 0 Å². The second-order valence-electron chi connectivity index (χ2n) is 6.12. The van der Waals surface area contributed by atoms with Crippen molar-refractivity contribution >= 4 is 27.5 Å². The highest BCUT2D eigenvalue weighted by Gasteiger charge is 2.26. The van der Waals surface area contributed by atoms with Crippen molar-refractivity contribution in [3.05, 3.63) is 106 Å². The van der Waals surface area contributed by atoms with Gasteiger partial charge in [0.15, 0.2) is 11.6 Å². The Morgan fingerprint density at radius 2 is 1.69 bits per heavy atom. The average molecular weight is 407 g/mol. The van der Waals surface area contributed by atoms with E-state index < -0.39 is 5.92 Å². The van der Waals surface area contributed by atoms with Gasteiger partial charge in [-0.15, -0.1) is 0 Å². The predicted octanol–water partition coefficient (Wildman–Crippen LogP) is 5.82. The number of hydrogen-bond acceptors (Lipinski definition) is 2. The van der Waals surface area contributed by atoms with Gasteiger partial charge in [0.05, 0.1) is 5.92 Å². The Kier molecular flexibility index (Phi) is 6.13. The minimum atomic E-state index is -0.502. The van der Waals surface area contributed by atoms with Crippen molar-refractivity contribution in [2.45, 2.75) is 18.8 Å². The largest absolute Gasteiger partial charge is 0.294 e. The topological polar surface area (TPSA) is 34.1 Å². The molecule has 3 rings (SSSR count). The summed E-state index contributed by atoms with van der Waals surface area (Å²) in [4.78, 5) is 26.1. The van der Waals surface area contributed by atoms with E-state index in [0.717, 1.165) is 16.5 Å². The molecule has 1 aliphatic rings. The lowest BCUT2D eigenvalue weighted by atomic mass is 9.85. The molecule has 1 aliphatic carbocycles. The number of carbonyl (C=O) groups excluding carboxylic acids is 2. The molecule has 0 aromatic heterocycles. The molecule has 0 aliphatic heterocycles. The lowest BCUT2D eigenvalue weighted by Crippen LogP contribution is -2.18. The molecule has 0 spiro atoms. The SMILES string of the molecule is O=C(CC(C(=O)C1=CC=CCC=C1)c1ccccc1)c1ccccc1Br. The van der Waals surface area contributed by atoms with Crippen LogP contribution in [0.4, 0.5) is 0 Å². The lowest BCUT2D eigenvalue weighted by Gasteiger charge is -2.17. The maximum absolute atomic E-state index is 13.2. The van der Waals surface area contributed by atoms with E-state index in [0.29, 0.717) is 11.1 Å². The first-order valence-corrected chi connectivity index (χ1v) is 9.36. The molecular weight excluding hydrogens is 388 g/mol. The molecule has 2 aromatic rings. The van der Waals surface area contributed by atoms with Gasteiger partial charge in [-0.05, 0) is 18.1 Å². The van der Waals surface area contributed by atoms with Crippen molar-refractivity contribution in [3.63, 3.8) is 0 Å². The third-order valence-electron chi connectivity index (χ3n) is 4.35. The maximum atomic E-state index is 13.2. The van der Waals surface area contributed by atoms with Crippen molar-refractivity contribution < 1.29 is 9.59 Å². The van der Waals surface area contributed by atoms with Crippen molar-refractivity contribution in [3.8, 4) is 0 Å². The highest BCUT2D eigenvalue weighted by Crippen LogP contribution is 2.28. The third kappa shape index (κ3) is 4.36. The number of benzene rings is 2. The zero-order valence-corrected chi connectivity index (χ0v) is 15.9. The van der Waals surface area contributed by atoms with Crippen LogP contribution >= 0.6 is 15.9 Å². The van der Waals surface area contributed by atoms with E-state index in [9.17, 15) is 9.59 Å². The second-order valence-corrected chi connectivity index (χ2v) is 6.98. The van der Waals surface area contributed by atoms with Gasteiger partial charge in [0.2, 0.25) is 0 Å². The Morgan fingerprint density at radius 1 is 0.962 bits per heavy atom. The minimum Gasteiger partial charge on any atom is -0.294 e. The van der Waals surface area contributed by atoms with Crippen LogP contribution in [-0.4, -0.2) is 11.6 Å². The molecule has 1 atom stereocenters. The van der Waals surface area contributed by atoms with Crippen LogP contribution in [0.15, 0.2) is 95.0 Å². The summed E-state index contributed by atoms with van der Waals surface area (Å²) in [5.74, 6) is -0.578. The Morgan fingerprint density at radius 3 is 2.46 bits per heavy atom. The highest BCUT2D eigenvalue weighted by atomic mass is 79.9. The first kappa shape index (κ1) is 18.3. The van der Waals surface area contributed by atoms with Gasteiger partial charge in [-0.2, -0.15) is 0 Å². The first-order chi connectivity index (χ1) is 12.7. The zero-order chi connectivity index (χ0) is 18.4. The summed E-state index contributed by atoms with van der Waals surface area (Å²) in [5, 5.41) is 0. The molecule has 2 nitrogen and oxygen atoms in total. The molecule has 2 aromatic carbocycles. The van der Waals surface area contributed by atoms with Gasteiger partial charge in [0.1, 0.15) is 0 Å². The molecule has 3 heteroatoms. The van der Waals surface area contributed by atoms with E-state index in [1.807, 2.05) is 78.9 Å². The fraction of sp³-hybridized carbons (Fsp3) is 0.130. The van der Waals surface area contributed by atoms with Crippen LogP contribution in [0.5, 0.6) is 0 Å². The van der Waals surface area contributed by atoms with Crippen LogP contribution in [0.3, 0.4) is 0 Å². The van der Waals surface area contributed by atoms with Gasteiger partial charge in [0.25, 0.3) is 0 Å². The van der Waals surface area contributed by atoms with Crippen molar-refractivity contribution in [1.82, 2.24) is 0 Å². The standard InChI is InChI=1S/C23H19BrO2/c24-21-15-9-8-14-19(21)22(25)16-20(17-10-6-3-7-11-17)23(26)18-12-4-1-2-5-13-18/h1,3-15,20H,2,16H2. The smallest absolute Gasteiger partial charge is 0.170 e. The normalized spacial score (nSPS) is 14.4. The molecular formula is C23H19BrO2. The van der Waals surface area contributed by atoms with Crippen LogP contribution < -0.4 is 0 Å². The summed E-state index contributed by atoms with van der Waals surface area (Å²) in [6.45, 7) is 0.